The Balaban J connectivity index is 1.49. The molecule has 0 unspecified atom stereocenters. The molecule has 3 nitrogen and oxygen atoms in total. The number of hydrogen-bond acceptors (Lipinski definition) is 2. The standard InChI is InChI=1S/C21H31N3/c1-16-14-23(15-17(2)22-16)12-7-13-24-20-10-5-3-8-18(20)19-9-4-6-11-21(19)24/h3,5,8,10,16-17,22H,4,6-7,9,11-15H2,1-2H3/t16-,17+. The van der Waals surface area contributed by atoms with Gasteiger partial charge in [0.05, 0.1) is 0 Å². The molecule has 24 heavy (non-hydrogen) atoms. The quantitative estimate of drug-likeness (QED) is 0.927. The maximum Gasteiger partial charge on any atom is 0.0485 e. The van der Waals surface area contributed by atoms with E-state index in [4.69, 9.17) is 0 Å². The molecule has 1 N–H and O–H groups in total. The van der Waals surface area contributed by atoms with E-state index in [0.717, 1.165) is 0 Å². The molecule has 4 rings (SSSR count). The predicted octanol–water partition coefficient (Wildman–Crippen LogP) is 3.59. The summed E-state index contributed by atoms with van der Waals surface area (Å²) >= 11 is 0. The Hall–Kier alpha value is -1.32. The molecular weight excluding hydrogens is 294 g/mol. The molecule has 1 fully saturated rings. The van der Waals surface area contributed by atoms with Gasteiger partial charge < -0.3 is 14.8 Å². The van der Waals surface area contributed by atoms with Gasteiger partial charge in [0.25, 0.3) is 0 Å². The fourth-order valence-electron chi connectivity index (χ4n) is 4.92. The lowest BCUT2D eigenvalue weighted by molar-refractivity contribution is 0.170. The van der Waals surface area contributed by atoms with Crippen LogP contribution >= 0.6 is 0 Å². The zero-order chi connectivity index (χ0) is 16.5. The van der Waals surface area contributed by atoms with Crippen LogP contribution in [0.4, 0.5) is 0 Å². The Morgan fingerprint density at radius 3 is 2.58 bits per heavy atom. The van der Waals surface area contributed by atoms with Gasteiger partial charge in [-0.2, -0.15) is 0 Å². The van der Waals surface area contributed by atoms with E-state index in [-0.39, 0.29) is 0 Å². The van der Waals surface area contributed by atoms with E-state index in [1.165, 1.54) is 69.2 Å². The molecule has 1 aromatic heterocycles. The lowest BCUT2D eigenvalue weighted by atomic mass is 9.95. The SMILES string of the molecule is C[C@@H]1CN(CCCn2c3c(c4ccccc42)CCCC3)C[C@H](C)N1. The fourth-order valence-corrected chi connectivity index (χ4v) is 4.92. The van der Waals surface area contributed by atoms with Crippen LogP contribution in [0.1, 0.15) is 44.4 Å². The van der Waals surface area contributed by atoms with Gasteiger partial charge in [0.1, 0.15) is 0 Å². The molecule has 0 spiro atoms. The second kappa shape index (κ2) is 6.89. The highest BCUT2D eigenvalue weighted by Gasteiger charge is 2.22. The molecular formula is C21H31N3. The summed E-state index contributed by atoms with van der Waals surface area (Å²) in [5.74, 6) is 0. The first-order valence-corrected chi connectivity index (χ1v) is 9.80. The summed E-state index contributed by atoms with van der Waals surface area (Å²) in [5.41, 5.74) is 4.73. The Kier molecular flexibility index (Phi) is 4.64. The Morgan fingerprint density at radius 2 is 1.75 bits per heavy atom. The first-order valence-electron chi connectivity index (χ1n) is 9.80. The summed E-state index contributed by atoms with van der Waals surface area (Å²) in [6.07, 6.45) is 6.51. The number of hydrogen-bond donors (Lipinski definition) is 1. The average molecular weight is 326 g/mol. The number of para-hydroxylation sites is 1. The minimum atomic E-state index is 0.619. The summed E-state index contributed by atoms with van der Waals surface area (Å²) in [6, 6.07) is 10.3. The molecule has 1 aromatic carbocycles. The van der Waals surface area contributed by atoms with Crippen LogP contribution in [0.3, 0.4) is 0 Å². The van der Waals surface area contributed by atoms with Gasteiger partial charge >= 0.3 is 0 Å². The van der Waals surface area contributed by atoms with Gasteiger partial charge in [-0.15, -0.1) is 0 Å². The smallest absolute Gasteiger partial charge is 0.0485 e. The van der Waals surface area contributed by atoms with Crippen LogP contribution in [0.5, 0.6) is 0 Å². The third kappa shape index (κ3) is 3.12. The Labute approximate surface area is 146 Å². The highest BCUT2D eigenvalue weighted by atomic mass is 15.2. The molecule has 0 radical (unpaired) electrons. The van der Waals surface area contributed by atoms with Crippen molar-refractivity contribution in [3.05, 3.63) is 35.5 Å². The van der Waals surface area contributed by atoms with Crippen LogP contribution in [0.25, 0.3) is 10.9 Å². The van der Waals surface area contributed by atoms with Crippen molar-refractivity contribution in [1.82, 2.24) is 14.8 Å². The second-order valence-corrected chi connectivity index (χ2v) is 7.88. The molecule has 0 saturated carbocycles. The normalized spacial score (nSPS) is 25.1. The largest absolute Gasteiger partial charge is 0.344 e. The Morgan fingerprint density at radius 1 is 1.00 bits per heavy atom. The summed E-state index contributed by atoms with van der Waals surface area (Å²) in [4.78, 5) is 2.64. The number of fused-ring (bicyclic) bond motifs is 3. The predicted molar refractivity (Wildman–Crippen MR) is 102 cm³/mol. The van der Waals surface area contributed by atoms with Gasteiger partial charge in [-0.3, -0.25) is 0 Å². The summed E-state index contributed by atoms with van der Waals surface area (Å²) in [5, 5.41) is 5.14. The third-order valence-electron chi connectivity index (χ3n) is 5.77. The zero-order valence-corrected chi connectivity index (χ0v) is 15.2. The molecule has 2 aliphatic rings. The topological polar surface area (TPSA) is 20.2 Å². The summed E-state index contributed by atoms with van der Waals surface area (Å²) in [7, 11) is 0. The minimum absolute atomic E-state index is 0.619. The Bertz CT molecular complexity index is 692. The van der Waals surface area contributed by atoms with Crippen LogP contribution in [0.15, 0.2) is 24.3 Å². The average Bonchev–Trinajstić information content (AvgIpc) is 2.89. The number of nitrogens with zero attached hydrogens (tertiary/aromatic N) is 2. The summed E-state index contributed by atoms with van der Waals surface area (Å²) < 4.78 is 2.64. The maximum absolute atomic E-state index is 3.63. The number of aryl methyl sites for hydroxylation is 2. The van der Waals surface area contributed by atoms with Gasteiger partial charge in [-0.25, -0.2) is 0 Å². The minimum Gasteiger partial charge on any atom is -0.344 e. The summed E-state index contributed by atoms with van der Waals surface area (Å²) in [6.45, 7) is 9.38. The van der Waals surface area contributed by atoms with Crippen molar-refractivity contribution in [1.29, 1.82) is 0 Å². The lowest BCUT2D eigenvalue weighted by Crippen LogP contribution is -2.54. The van der Waals surface area contributed by atoms with E-state index in [9.17, 15) is 0 Å². The highest BCUT2D eigenvalue weighted by molar-refractivity contribution is 5.85. The van der Waals surface area contributed by atoms with Crippen molar-refractivity contribution in [3.8, 4) is 0 Å². The van der Waals surface area contributed by atoms with Gasteiger partial charge in [-0.05, 0) is 64.1 Å². The van der Waals surface area contributed by atoms with Crippen molar-refractivity contribution in [2.45, 2.75) is 64.6 Å². The monoisotopic (exact) mass is 325 g/mol. The molecule has 2 heterocycles. The van der Waals surface area contributed by atoms with E-state index in [1.807, 2.05) is 0 Å². The molecule has 0 bridgehead atoms. The van der Waals surface area contributed by atoms with E-state index >= 15 is 0 Å². The highest BCUT2D eigenvalue weighted by Crippen LogP contribution is 2.32. The van der Waals surface area contributed by atoms with E-state index in [2.05, 4.69) is 52.9 Å². The number of aromatic nitrogens is 1. The maximum atomic E-state index is 3.63. The van der Waals surface area contributed by atoms with Gasteiger partial charge in [0.2, 0.25) is 0 Å². The number of nitrogens with one attached hydrogen (secondary N) is 1. The first-order chi connectivity index (χ1) is 11.7. The van der Waals surface area contributed by atoms with Gasteiger partial charge in [0.15, 0.2) is 0 Å². The van der Waals surface area contributed by atoms with Crippen LogP contribution in [-0.2, 0) is 19.4 Å². The molecule has 0 amide bonds. The van der Waals surface area contributed by atoms with E-state index in [1.54, 1.807) is 11.3 Å². The van der Waals surface area contributed by atoms with Crippen molar-refractivity contribution < 1.29 is 0 Å². The van der Waals surface area contributed by atoms with Gasteiger partial charge in [0, 0.05) is 48.3 Å². The molecule has 1 aliphatic carbocycles. The number of benzene rings is 1. The van der Waals surface area contributed by atoms with Crippen molar-refractivity contribution >= 4 is 10.9 Å². The lowest BCUT2D eigenvalue weighted by Gasteiger charge is -2.36. The third-order valence-corrected chi connectivity index (χ3v) is 5.77. The van der Waals surface area contributed by atoms with E-state index in [0.29, 0.717) is 12.1 Å². The van der Waals surface area contributed by atoms with Crippen LogP contribution < -0.4 is 5.32 Å². The molecule has 2 atom stereocenters. The van der Waals surface area contributed by atoms with Gasteiger partial charge in [-0.1, -0.05) is 18.2 Å². The number of piperazine rings is 1. The van der Waals surface area contributed by atoms with Crippen molar-refractivity contribution in [2.24, 2.45) is 0 Å². The van der Waals surface area contributed by atoms with Crippen molar-refractivity contribution in [3.63, 3.8) is 0 Å². The van der Waals surface area contributed by atoms with Crippen LogP contribution in [0.2, 0.25) is 0 Å². The first kappa shape index (κ1) is 16.2. The van der Waals surface area contributed by atoms with Crippen molar-refractivity contribution in [2.75, 3.05) is 19.6 Å². The molecule has 3 heteroatoms. The molecule has 1 saturated heterocycles. The fraction of sp³-hybridized carbons (Fsp3) is 0.619. The van der Waals surface area contributed by atoms with Crippen LogP contribution in [-0.4, -0.2) is 41.2 Å². The zero-order valence-electron chi connectivity index (χ0n) is 15.2. The molecule has 130 valence electrons. The second-order valence-electron chi connectivity index (χ2n) is 7.88. The molecule has 2 aromatic rings. The van der Waals surface area contributed by atoms with Crippen LogP contribution in [0, 0.1) is 0 Å². The number of rotatable bonds is 4. The van der Waals surface area contributed by atoms with E-state index < -0.39 is 0 Å². The molecule has 1 aliphatic heterocycles.